The molecule has 1 saturated heterocycles. The molecule has 0 aliphatic carbocycles. The summed E-state index contributed by atoms with van der Waals surface area (Å²) in [7, 11) is 0. The Morgan fingerprint density at radius 1 is 0.889 bits per heavy atom. The number of nitrogens with one attached hydrogen (secondary N) is 1. The van der Waals surface area contributed by atoms with Gasteiger partial charge in [0.2, 0.25) is 5.78 Å². The van der Waals surface area contributed by atoms with Gasteiger partial charge in [0.1, 0.15) is 11.5 Å². The van der Waals surface area contributed by atoms with E-state index in [0.29, 0.717) is 35.7 Å². The monoisotopic (exact) mass is 494 g/mol. The Balaban J connectivity index is 2.04. The number of likely N-dealkylation sites (N-methyl/N-ethyl adjacent to an activating group) is 1. The molecule has 1 atom stereocenters. The number of likely N-dealkylation sites (tertiary alicyclic amines) is 1. The molecule has 2 aromatic carbocycles. The van der Waals surface area contributed by atoms with E-state index in [2.05, 4.69) is 13.8 Å². The van der Waals surface area contributed by atoms with Crippen LogP contribution < -0.4 is 19.5 Å². The fraction of sp³-hybridized carbons (Fsp3) is 0.448. The quantitative estimate of drug-likeness (QED) is 0.295. The molecule has 0 spiro atoms. The average Bonchev–Trinajstić information content (AvgIpc) is 3.09. The van der Waals surface area contributed by atoms with E-state index in [4.69, 9.17) is 9.47 Å². The maximum absolute atomic E-state index is 13.6. The summed E-state index contributed by atoms with van der Waals surface area (Å²) in [6.45, 7) is 14.8. The van der Waals surface area contributed by atoms with Gasteiger partial charge >= 0.3 is 0 Å². The molecule has 1 N–H and O–H groups in total. The summed E-state index contributed by atoms with van der Waals surface area (Å²) in [6, 6.07) is 13.3. The van der Waals surface area contributed by atoms with E-state index < -0.39 is 23.5 Å². The SMILES string of the molecule is CC[NH+](CC)CCN1C(=O)C(=O)C(=C([O-])c2ccc(OC(C)C)cc2)C1c1ccc(OC(C)C)cc1. The molecule has 1 heterocycles. The van der Waals surface area contributed by atoms with Crippen LogP contribution in [0.1, 0.15) is 58.7 Å². The van der Waals surface area contributed by atoms with Gasteiger partial charge in [-0.1, -0.05) is 30.0 Å². The Morgan fingerprint density at radius 2 is 1.39 bits per heavy atom. The minimum Gasteiger partial charge on any atom is -0.872 e. The number of carbonyl (C=O) groups excluding carboxylic acids is 2. The number of benzene rings is 2. The maximum Gasteiger partial charge on any atom is 0.295 e. The predicted molar refractivity (Wildman–Crippen MR) is 138 cm³/mol. The lowest BCUT2D eigenvalue weighted by Gasteiger charge is -2.28. The highest BCUT2D eigenvalue weighted by molar-refractivity contribution is 6.46. The van der Waals surface area contributed by atoms with E-state index in [9.17, 15) is 14.7 Å². The van der Waals surface area contributed by atoms with Crippen molar-refractivity contribution in [3.63, 3.8) is 0 Å². The highest BCUT2D eigenvalue weighted by Gasteiger charge is 2.44. The van der Waals surface area contributed by atoms with Crippen LogP contribution in [0.5, 0.6) is 11.5 Å². The fourth-order valence-electron chi connectivity index (χ4n) is 4.44. The van der Waals surface area contributed by atoms with Crippen LogP contribution in [0.2, 0.25) is 0 Å². The number of rotatable bonds is 11. The highest BCUT2D eigenvalue weighted by atomic mass is 16.5. The number of ether oxygens (including phenoxy) is 2. The Bertz CT molecular complexity index is 1070. The smallest absolute Gasteiger partial charge is 0.295 e. The predicted octanol–water partition coefficient (Wildman–Crippen LogP) is 2.41. The number of quaternary nitrogens is 1. The molecule has 3 rings (SSSR count). The molecule has 36 heavy (non-hydrogen) atoms. The summed E-state index contributed by atoms with van der Waals surface area (Å²) in [6.07, 6.45) is 0.0221. The Morgan fingerprint density at radius 3 is 1.86 bits per heavy atom. The summed E-state index contributed by atoms with van der Waals surface area (Å²) >= 11 is 0. The van der Waals surface area contributed by atoms with E-state index >= 15 is 0 Å². The maximum atomic E-state index is 13.6. The molecule has 1 fully saturated rings. The Hall–Kier alpha value is -3.32. The molecule has 1 amide bonds. The van der Waals surface area contributed by atoms with Gasteiger partial charge < -0.3 is 24.4 Å². The van der Waals surface area contributed by atoms with Crippen LogP contribution in [-0.2, 0) is 9.59 Å². The number of nitrogens with zero attached hydrogens (tertiary/aromatic N) is 1. The van der Waals surface area contributed by atoms with Gasteiger partial charge in [0.05, 0.1) is 44.4 Å². The third kappa shape index (κ3) is 6.26. The lowest BCUT2D eigenvalue weighted by molar-refractivity contribution is -0.895. The lowest BCUT2D eigenvalue weighted by Crippen LogP contribution is -3.12. The summed E-state index contributed by atoms with van der Waals surface area (Å²) < 4.78 is 11.4. The van der Waals surface area contributed by atoms with E-state index in [1.165, 1.54) is 4.90 Å². The number of amides is 1. The molecule has 0 radical (unpaired) electrons. The molecule has 0 bridgehead atoms. The zero-order chi connectivity index (χ0) is 26.4. The third-order valence-corrected chi connectivity index (χ3v) is 6.29. The van der Waals surface area contributed by atoms with E-state index in [0.717, 1.165) is 13.1 Å². The van der Waals surface area contributed by atoms with Crippen molar-refractivity contribution in [3.05, 3.63) is 65.2 Å². The van der Waals surface area contributed by atoms with Crippen LogP contribution in [0, 0.1) is 0 Å². The summed E-state index contributed by atoms with van der Waals surface area (Å²) in [5, 5.41) is 13.6. The minimum absolute atomic E-state index is 0.00322. The lowest BCUT2D eigenvalue weighted by atomic mass is 9.95. The van der Waals surface area contributed by atoms with Gasteiger partial charge in [0.25, 0.3) is 5.91 Å². The van der Waals surface area contributed by atoms with Gasteiger partial charge in [-0.15, -0.1) is 0 Å². The Labute approximate surface area is 214 Å². The first kappa shape index (κ1) is 27.3. The molecule has 2 aromatic rings. The molecule has 1 aliphatic rings. The van der Waals surface area contributed by atoms with Crippen LogP contribution in [0.3, 0.4) is 0 Å². The second kappa shape index (κ2) is 12.1. The summed E-state index contributed by atoms with van der Waals surface area (Å²) in [5.74, 6) is -0.463. The second-order valence-corrected chi connectivity index (χ2v) is 9.61. The summed E-state index contributed by atoms with van der Waals surface area (Å²) in [4.78, 5) is 29.2. The van der Waals surface area contributed by atoms with Gasteiger partial charge in [-0.05, 0) is 76.9 Å². The van der Waals surface area contributed by atoms with Crippen molar-refractivity contribution < 1.29 is 29.1 Å². The molecule has 1 unspecified atom stereocenters. The van der Waals surface area contributed by atoms with E-state index in [1.54, 1.807) is 29.2 Å². The average molecular weight is 495 g/mol. The van der Waals surface area contributed by atoms with E-state index in [1.807, 2.05) is 52.0 Å². The van der Waals surface area contributed by atoms with Crippen molar-refractivity contribution in [3.8, 4) is 11.5 Å². The molecule has 194 valence electrons. The first-order valence-corrected chi connectivity index (χ1v) is 12.8. The van der Waals surface area contributed by atoms with E-state index in [-0.39, 0.29) is 17.8 Å². The molecule has 7 heteroatoms. The molecule has 1 aliphatic heterocycles. The summed E-state index contributed by atoms with van der Waals surface area (Å²) in [5.41, 5.74) is 1.05. The molecule has 0 saturated carbocycles. The van der Waals surface area contributed by atoms with Gasteiger partial charge in [-0.2, -0.15) is 0 Å². The van der Waals surface area contributed by atoms with Crippen molar-refractivity contribution in [2.75, 3.05) is 26.2 Å². The molecule has 0 aromatic heterocycles. The first-order valence-electron chi connectivity index (χ1n) is 12.8. The van der Waals surface area contributed by atoms with Crippen molar-refractivity contribution in [2.24, 2.45) is 0 Å². The van der Waals surface area contributed by atoms with Gasteiger partial charge in [-0.25, -0.2) is 0 Å². The third-order valence-electron chi connectivity index (χ3n) is 6.29. The minimum atomic E-state index is -0.743. The van der Waals surface area contributed by atoms with Crippen molar-refractivity contribution in [1.82, 2.24) is 4.90 Å². The van der Waals surface area contributed by atoms with Crippen LogP contribution >= 0.6 is 0 Å². The first-order chi connectivity index (χ1) is 17.2. The number of ketones is 1. The molecule has 7 nitrogen and oxygen atoms in total. The molecular weight excluding hydrogens is 456 g/mol. The fourth-order valence-corrected chi connectivity index (χ4v) is 4.44. The Kier molecular flexibility index (Phi) is 9.15. The zero-order valence-electron chi connectivity index (χ0n) is 22.2. The van der Waals surface area contributed by atoms with Gasteiger partial charge in [0, 0.05) is 5.57 Å². The van der Waals surface area contributed by atoms with Gasteiger partial charge in [-0.3, -0.25) is 9.59 Å². The number of hydrogen-bond acceptors (Lipinski definition) is 5. The standard InChI is InChI=1S/C29H38N2O5/c1-7-30(8-2)17-18-31-26(21-9-13-23(14-10-21)35-19(3)4)25(28(33)29(31)34)27(32)22-11-15-24(16-12-22)36-20(5)6/h9-16,19-20,26,32H,7-8,17-18H2,1-6H3. The number of hydrogen-bond donors (Lipinski definition) is 1. The zero-order valence-corrected chi connectivity index (χ0v) is 22.2. The molecular formula is C29H38N2O5. The van der Waals surface area contributed by atoms with Crippen molar-refractivity contribution in [2.45, 2.75) is 59.8 Å². The highest BCUT2D eigenvalue weighted by Crippen LogP contribution is 2.39. The normalized spacial score (nSPS) is 17.5. The number of Topliss-reactive ketones (excluding diaryl/α,β-unsaturated/α-hetero) is 1. The van der Waals surface area contributed by atoms with Crippen molar-refractivity contribution in [1.29, 1.82) is 0 Å². The van der Waals surface area contributed by atoms with Crippen LogP contribution in [0.25, 0.3) is 5.76 Å². The van der Waals surface area contributed by atoms with Gasteiger partial charge in [0.15, 0.2) is 0 Å². The van der Waals surface area contributed by atoms with Crippen LogP contribution in [0.15, 0.2) is 54.1 Å². The largest absolute Gasteiger partial charge is 0.872 e. The number of carbonyl (C=O) groups is 2. The van der Waals surface area contributed by atoms with Crippen LogP contribution in [-0.4, -0.2) is 55.0 Å². The second-order valence-electron chi connectivity index (χ2n) is 9.61. The topological polar surface area (TPSA) is 83.3 Å². The van der Waals surface area contributed by atoms with Crippen molar-refractivity contribution >= 4 is 17.4 Å². The van der Waals surface area contributed by atoms with Crippen LogP contribution in [0.4, 0.5) is 0 Å².